The summed E-state index contributed by atoms with van der Waals surface area (Å²) in [6, 6.07) is 10.8. The molecule has 3 aromatic heterocycles. The number of hydrogen-bond acceptors (Lipinski definition) is 6. The van der Waals surface area contributed by atoms with Crippen LogP contribution in [0.2, 0.25) is 0 Å². The molecule has 1 fully saturated rings. The van der Waals surface area contributed by atoms with Crippen molar-refractivity contribution in [1.82, 2.24) is 24.7 Å². The Morgan fingerprint density at radius 2 is 1.81 bits per heavy atom. The van der Waals surface area contributed by atoms with Crippen LogP contribution in [0.1, 0.15) is 53.6 Å². The zero-order valence-corrected chi connectivity index (χ0v) is 18.8. The van der Waals surface area contributed by atoms with E-state index in [1.165, 1.54) is 35.1 Å². The standard InChI is InChI=1S/C25H26N6S/c1-2-6-18(7-3-1)10-11-22-28-24(23-20-8-4-5-9-21(20)32-25(23)29-22)30-14-12-19(13-15-30)31-17-26-16-27-31/h1-3,6-7,10-11,16-17,19H,4-5,8-9,12-15H2. The van der Waals surface area contributed by atoms with Crippen LogP contribution < -0.4 is 4.90 Å². The molecule has 0 unspecified atom stereocenters. The molecule has 1 aromatic carbocycles. The second-order valence-electron chi connectivity index (χ2n) is 8.63. The van der Waals surface area contributed by atoms with E-state index in [2.05, 4.69) is 51.4 Å². The molecule has 6 nitrogen and oxygen atoms in total. The maximum Gasteiger partial charge on any atom is 0.155 e. The van der Waals surface area contributed by atoms with Gasteiger partial charge in [-0.05, 0) is 55.7 Å². The molecule has 1 aliphatic carbocycles. The quantitative estimate of drug-likeness (QED) is 0.436. The summed E-state index contributed by atoms with van der Waals surface area (Å²) in [4.78, 5) is 19.3. The van der Waals surface area contributed by atoms with Crippen molar-refractivity contribution in [2.45, 2.75) is 44.6 Å². The van der Waals surface area contributed by atoms with Gasteiger partial charge in [0.25, 0.3) is 0 Å². The van der Waals surface area contributed by atoms with Gasteiger partial charge in [0, 0.05) is 18.0 Å². The first kappa shape index (κ1) is 19.6. The SMILES string of the molecule is C(=Cc1nc(N2CCC(n3cncn3)CC2)c2c3c(sc2n1)CCCC3)c1ccccc1. The van der Waals surface area contributed by atoms with Gasteiger partial charge in [0.2, 0.25) is 0 Å². The molecule has 4 aromatic rings. The fourth-order valence-corrected chi connectivity index (χ4v) is 6.20. The first-order valence-electron chi connectivity index (χ1n) is 11.5. The van der Waals surface area contributed by atoms with Gasteiger partial charge < -0.3 is 4.90 Å². The van der Waals surface area contributed by atoms with E-state index in [4.69, 9.17) is 9.97 Å². The van der Waals surface area contributed by atoms with Crippen molar-refractivity contribution in [3.05, 3.63) is 64.8 Å². The molecule has 0 spiro atoms. The number of aromatic nitrogens is 5. The van der Waals surface area contributed by atoms with Crippen LogP contribution in [-0.2, 0) is 12.8 Å². The summed E-state index contributed by atoms with van der Waals surface area (Å²) in [5.41, 5.74) is 2.67. The average Bonchev–Trinajstić information content (AvgIpc) is 3.51. The van der Waals surface area contributed by atoms with Crippen LogP contribution in [0.15, 0.2) is 43.0 Å². The van der Waals surface area contributed by atoms with Gasteiger partial charge in [0.05, 0.1) is 11.4 Å². The summed E-state index contributed by atoms with van der Waals surface area (Å²) in [7, 11) is 0. The van der Waals surface area contributed by atoms with E-state index in [-0.39, 0.29) is 0 Å². The van der Waals surface area contributed by atoms with Gasteiger partial charge in [-0.1, -0.05) is 36.4 Å². The molecule has 0 atom stereocenters. The summed E-state index contributed by atoms with van der Waals surface area (Å²) in [5, 5.41) is 5.66. The van der Waals surface area contributed by atoms with Gasteiger partial charge in [0.1, 0.15) is 23.3 Å². The van der Waals surface area contributed by atoms with Gasteiger partial charge in [-0.25, -0.2) is 19.6 Å². The molecule has 0 bridgehead atoms. The van der Waals surface area contributed by atoms with E-state index in [9.17, 15) is 0 Å². The molecule has 7 heteroatoms. The summed E-state index contributed by atoms with van der Waals surface area (Å²) in [6.07, 6.45) is 14.6. The highest BCUT2D eigenvalue weighted by atomic mass is 32.1. The highest BCUT2D eigenvalue weighted by Crippen LogP contribution is 2.41. The average molecular weight is 443 g/mol. The molecule has 0 N–H and O–H groups in total. The normalized spacial score (nSPS) is 17.3. The second kappa shape index (κ2) is 8.47. The molecular weight excluding hydrogens is 416 g/mol. The summed E-state index contributed by atoms with van der Waals surface area (Å²) in [5.74, 6) is 1.92. The Hall–Kier alpha value is -3.06. The van der Waals surface area contributed by atoms with Gasteiger partial charge in [0.15, 0.2) is 5.82 Å². The number of rotatable bonds is 4. The van der Waals surface area contributed by atoms with E-state index in [0.29, 0.717) is 6.04 Å². The summed E-state index contributed by atoms with van der Waals surface area (Å²) >= 11 is 1.88. The first-order valence-corrected chi connectivity index (χ1v) is 12.3. The number of aryl methyl sites for hydroxylation is 2. The number of hydrogen-bond donors (Lipinski definition) is 0. The maximum absolute atomic E-state index is 5.11. The summed E-state index contributed by atoms with van der Waals surface area (Å²) in [6.45, 7) is 1.95. The fraction of sp³-hybridized carbons (Fsp3) is 0.360. The van der Waals surface area contributed by atoms with Crippen molar-refractivity contribution in [2.24, 2.45) is 0 Å². The Labute approximate surface area is 191 Å². The molecule has 32 heavy (non-hydrogen) atoms. The van der Waals surface area contributed by atoms with Gasteiger partial charge in [-0.2, -0.15) is 5.10 Å². The number of piperidine rings is 1. The van der Waals surface area contributed by atoms with E-state index in [1.54, 1.807) is 6.33 Å². The molecule has 4 heterocycles. The smallest absolute Gasteiger partial charge is 0.155 e. The van der Waals surface area contributed by atoms with Crippen molar-refractivity contribution in [3.8, 4) is 0 Å². The topological polar surface area (TPSA) is 59.7 Å². The molecule has 1 aliphatic heterocycles. The monoisotopic (exact) mass is 442 g/mol. The fourth-order valence-electron chi connectivity index (χ4n) is 4.94. The van der Waals surface area contributed by atoms with Crippen LogP contribution >= 0.6 is 11.3 Å². The van der Waals surface area contributed by atoms with Crippen molar-refractivity contribution < 1.29 is 0 Å². The lowest BCUT2D eigenvalue weighted by Crippen LogP contribution is -2.35. The molecule has 0 amide bonds. The van der Waals surface area contributed by atoms with E-state index in [1.807, 2.05) is 28.4 Å². The Morgan fingerprint density at radius 1 is 0.969 bits per heavy atom. The van der Waals surface area contributed by atoms with Gasteiger partial charge >= 0.3 is 0 Å². The minimum atomic E-state index is 0.417. The van der Waals surface area contributed by atoms with Gasteiger partial charge in [-0.15, -0.1) is 11.3 Å². The minimum Gasteiger partial charge on any atom is -0.356 e. The lowest BCUT2D eigenvalue weighted by Gasteiger charge is -2.33. The molecule has 2 aliphatic rings. The Morgan fingerprint density at radius 3 is 2.62 bits per heavy atom. The third-order valence-electron chi connectivity index (χ3n) is 6.61. The predicted molar refractivity (Wildman–Crippen MR) is 130 cm³/mol. The molecule has 0 radical (unpaired) electrons. The Balaban J connectivity index is 1.37. The first-order chi connectivity index (χ1) is 15.8. The Bertz CT molecular complexity index is 1240. The molecule has 162 valence electrons. The molecule has 1 saturated heterocycles. The van der Waals surface area contributed by atoms with Crippen molar-refractivity contribution in [2.75, 3.05) is 18.0 Å². The molecule has 6 rings (SSSR count). The van der Waals surface area contributed by atoms with Crippen molar-refractivity contribution in [3.63, 3.8) is 0 Å². The largest absolute Gasteiger partial charge is 0.356 e. The van der Waals surface area contributed by atoms with Gasteiger partial charge in [-0.3, -0.25) is 0 Å². The number of anilines is 1. The second-order valence-corrected chi connectivity index (χ2v) is 9.72. The zero-order valence-electron chi connectivity index (χ0n) is 18.0. The van der Waals surface area contributed by atoms with E-state index in [0.717, 1.165) is 54.4 Å². The number of thiophene rings is 1. The van der Waals surface area contributed by atoms with Crippen molar-refractivity contribution >= 4 is 39.5 Å². The summed E-state index contributed by atoms with van der Waals surface area (Å²) < 4.78 is 2.01. The lowest BCUT2D eigenvalue weighted by atomic mass is 9.96. The molecule has 0 saturated carbocycles. The highest BCUT2D eigenvalue weighted by molar-refractivity contribution is 7.19. The number of nitrogens with zero attached hydrogens (tertiary/aromatic N) is 6. The van der Waals surface area contributed by atoms with Crippen LogP contribution in [0, 0.1) is 0 Å². The Kier molecular flexibility index (Phi) is 5.19. The van der Waals surface area contributed by atoms with E-state index >= 15 is 0 Å². The van der Waals surface area contributed by atoms with Crippen molar-refractivity contribution in [1.29, 1.82) is 0 Å². The van der Waals surface area contributed by atoms with Crippen LogP contribution in [0.3, 0.4) is 0 Å². The third-order valence-corrected chi connectivity index (χ3v) is 7.80. The third kappa shape index (κ3) is 3.71. The minimum absolute atomic E-state index is 0.417. The highest BCUT2D eigenvalue weighted by Gasteiger charge is 2.27. The predicted octanol–water partition coefficient (Wildman–Crippen LogP) is 5.17. The van der Waals surface area contributed by atoms with Crippen LogP contribution in [0.25, 0.3) is 22.4 Å². The number of fused-ring (bicyclic) bond motifs is 3. The molecular formula is C25H26N6S. The number of benzene rings is 1. The van der Waals surface area contributed by atoms with E-state index < -0.39 is 0 Å². The maximum atomic E-state index is 5.11. The lowest BCUT2D eigenvalue weighted by molar-refractivity contribution is 0.365. The van der Waals surface area contributed by atoms with Crippen LogP contribution in [0.4, 0.5) is 5.82 Å². The zero-order chi connectivity index (χ0) is 21.3. The van der Waals surface area contributed by atoms with Crippen LogP contribution in [0.5, 0.6) is 0 Å². The van der Waals surface area contributed by atoms with Crippen LogP contribution in [-0.4, -0.2) is 37.8 Å².